The fourth-order valence-corrected chi connectivity index (χ4v) is 1.93. The third-order valence-electron chi connectivity index (χ3n) is 1.76. The molecule has 0 fully saturated rings. The van der Waals surface area contributed by atoms with E-state index in [2.05, 4.69) is 15.9 Å². The van der Waals surface area contributed by atoms with Crippen LogP contribution in [-0.2, 0) is 6.18 Å². The van der Waals surface area contributed by atoms with Gasteiger partial charge in [0, 0.05) is 10.0 Å². The van der Waals surface area contributed by atoms with Gasteiger partial charge in [-0.2, -0.15) is 13.2 Å². The Hall–Kier alpha value is -0.620. The summed E-state index contributed by atoms with van der Waals surface area (Å²) in [6, 6.07) is 1.06. The minimum Gasteiger partial charge on any atom is -0.293 e. The summed E-state index contributed by atoms with van der Waals surface area (Å²) in [5.41, 5.74) is -1.98. The standard InChI is InChI=1S/C9H4BrClF4O/c10-6-2-4(12)1-5(9(13,14)15)8(6)7(16)3-11/h1-2H,3H2. The van der Waals surface area contributed by atoms with Crippen LogP contribution in [0.2, 0.25) is 0 Å². The summed E-state index contributed by atoms with van der Waals surface area (Å²) in [4.78, 5) is 11.2. The molecule has 16 heavy (non-hydrogen) atoms. The fraction of sp³-hybridized carbons (Fsp3) is 0.222. The Morgan fingerprint density at radius 1 is 1.38 bits per heavy atom. The zero-order valence-electron chi connectivity index (χ0n) is 7.54. The van der Waals surface area contributed by atoms with Crippen LogP contribution in [0.25, 0.3) is 0 Å². The van der Waals surface area contributed by atoms with Crippen molar-refractivity contribution in [2.45, 2.75) is 6.18 Å². The number of hydrogen-bond acceptors (Lipinski definition) is 1. The van der Waals surface area contributed by atoms with Crippen molar-refractivity contribution in [2.24, 2.45) is 0 Å². The summed E-state index contributed by atoms with van der Waals surface area (Å²) >= 11 is 7.90. The number of carbonyl (C=O) groups excluding carboxylic acids is 1. The number of benzene rings is 1. The number of alkyl halides is 4. The van der Waals surface area contributed by atoms with Crippen molar-refractivity contribution in [1.82, 2.24) is 0 Å². The van der Waals surface area contributed by atoms with Crippen LogP contribution in [0, 0.1) is 5.82 Å². The van der Waals surface area contributed by atoms with E-state index in [9.17, 15) is 22.4 Å². The lowest BCUT2D eigenvalue weighted by molar-refractivity contribution is -0.138. The van der Waals surface area contributed by atoms with Crippen LogP contribution in [0.5, 0.6) is 0 Å². The average Bonchev–Trinajstić information content (AvgIpc) is 2.14. The first-order valence-electron chi connectivity index (χ1n) is 3.92. The molecule has 0 N–H and O–H groups in total. The minimum atomic E-state index is -4.80. The summed E-state index contributed by atoms with van der Waals surface area (Å²) in [6.45, 7) is 0. The van der Waals surface area contributed by atoms with E-state index in [4.69, 9.17) is 11.6 Å². The molecular weight excluding hydrogens is 315 g/mol. The molecule has 1 aromatic rings. The molecule has 1 nitrogen and oxygen atoms in total. The topological polar surface area (TPSA) is 17.1 Å². The van der Waals surface area contributed by atoms with Gasteiger partial charge in [-0.15, -0.1) is 11.6 Å². The van der Waals surface area contributed by atoms with E-state index >= 15 is 0 Å². The number of ketones is 1. The van der Waals surface area contributed by atoms with Crippen LogP contribution in [0.4, 0.5) is 17.6 Å². The number of rotatable bonds is 2. The highest BCUT2D eigenvalue weighted by Gasteiger charge is 2.36. The smallest absolute Gasteiger partial charge is 0.293 e. The molecule has 88 valence electrons. The fourth-order valence-electron chi connectivity index (χ4n) is 1.15. The molecule has 0 bridgehead atoms. The highest BCUT2D eigenvalue weighted by atomic mass is 79.9. The summed E-state index contributed by atoms with van der Waals surface area (Å²) in [5.74, 6) is -2.60. The molecular formula is C9H4BrClF4O. The summed E-state index contributed by atoms with van der Waals surface area (Å²) < 4.78 is 50.1. The van der Waals surface area contributed by atoms with Gasteiger partial charge in [0.25, 0.3) is 0 Å². The van der Waals surface area contributed by atoms with Gasteiger partial charge in [-0.1, -0.05) is 0 Å². The van der Waals surface area contributed by atoms with Crippen LogP contribution < -0.4 is 0 Å². The summed E-state index contributed by atoms with van der Waals surface area (Å²) in [6.07, 6.45) is -4.80. The van der Waals surface area contributed by atoms with E-state index in [1.807, 2.05) is 0 Å². The van der Waals surface area contributed by atoms with Gasteiger partial charge in [-0.25, -0.2) is 4.39 Å². The molecule has 0 aliphatic heterocycles. The van der Waals surface area contributed by atoms with E-state index < -0.39 is 34.8 Å². The Morgan fingerprint density at radius 2 is 1.94 bits per heavy atom. The van der Waals surface area contributed by atoms with E-state index in [-0.39, 0.29) is 10.5 Å². The van der Waals surface area contributed by atoms with E-state index in [1.54, 1.807) is 0 Å². The number of halogens is 6. The Balaban J connectivity index is 3.51. The molecule has 0 spiro atoms. The van der Waals surface area contributed by atoms with Gasteiger partial charge in [0.1, 0.15) is 5.82 Å². The van der Waals surface area contributed by atoms with Crippen LogP contribution >= 0.6 is 27.5 Å². The van der Waals surface area contributed by atoms with Gasteiger partial charge < -0.3 is 0 Å². The monoisotopic (exact) mass is 318 g/mol. The Labute approximate surface area is 102 Å². The molecule has 0 amide bonds. The van der Waals surface area contributed by atoms with Crippen molar-refractivity contribution in [2.75, 3.05) is 5.88 Å². The molecule has 0 radical (unpaired) electrons. The van der Waals surface area contributed by atoms with Crippen molar-refractivity contribution < 1.29 is 22.4 Å². The zero-order chi connectivity index (χ0) is 12.5. The van der Waals surface area contributed by atoms with Crippen LogP contribution in [0.1, 0.15) is 15.9 Å². The van der Waals surface area contributed by atoms with Crippen molar-refractivity contribution in [3.05, 3.63) is 33.5 Å². The first kappa shape index (κ1) is 13.4. The van der Waals surface area contributed by atoms with E-state index in [1.165, 1.54) is 0 Å². The lowest BCUT2D eigenvalue weighted by atomic mass is 10.0. The molecule has 0 saturated carbocycles. The highest BCUT2D eigenvalue weighted by Crippen LogP contribution is 2.36. The van der Waals surface area contributed by atoms with Gasteiger partial charge in [-0.3, -0.25) is 4.79 Å². The number of Topliss-reactive ketones (excluding diaryl/α,β-unsaturated/α-hetero) is 1. The quantitative estimate of drug-likeness (QED) is 0.457. The molecule has 0 heterocycles. The molecule has 1 rings (SSSR count). The lowest BCUT2D eigenvalue weighted by Gasteiger charge is -2.13. The zero-order valence-corrected chi connectivity index (χ0v) is 9.88. The molecule has 0 aliphatic carbocycles. The Kier molecular flexibility index (Phi) is 3.96. The Bertz CT molecular complexity index is 430. The van der Waals surface area contributed by atoms with Crippen molar-refractivity contribution in [1.29, 1.82) is 0 Å². The van der Waals surface area contributed by atoms with E-state index in [0.29, 0.717) is 0 Å². The maximum absolute atomic E-state index is 12.8. The molecule has 0 unspecified atom stereocenters. The van der Waals surface area contributed by atoms with Crippen molar-refractivity contribution in [3.63, 3.8) is 0 Å². The maximum atomic E-state index is 12.8. The van der Waals surface area contributed by atoms with Crippen LogP contribution in [0.3, 0.4) is 0 Å². The number of carbonyl (C=O) groups is 1. The predicted molar refractivity (Wildman–Crippen MR) is 54.2 cm³/mol. The SMILES string of the molecule is O=C(CCl)c1c(Br)cc(F)cc1C(F)(F)F. The second-order valence-electron chi connectivity index (χ2n) is 2.86. The molecule has 0 aromatic heterocycles. The third kappa shape index (κ3) is 2.74. The van der Waals surface area contributed by atoms with Gasteiger partial charge in [0.2, 0.25) is 0 Å². The van der Waals surface area contributed by atoms with Gasteiger partial charge in [0.05, 0.1) is 11.4 Å². The molecule has 0 aliphatic rings. The normalized spacial score (nSPS) is 11.6. The van der Waals surface area contributed by atoms with Crippen LogP contribution in [0.15, 0.2) is 16.6 Å². The summed E-state index contributed by atoms with van der Waals surface area (Å²) in [7, 11) is 0. The maximum Gasteiger partial charge on any atom is 0.417 e. The lowest BCUT2D eigenvalue weighted by Crippen LogP contribution is -2.15. The average molecular weight is 319 g/mol. The molecule has 0 atom stereocenters. The van der Waals surface area contributed by atoms with Gasteiger partial charge in [-0.05, 0) is 28.1 Å². The largest absolute Gasteiger partial charge is 0.417 e. The Morgan fingerprint density at radius 3 is 2.38 bits per heavy atom. The summed E-state index contributed by atoms with van der Waals surface area (Å²) in [5, 5.41) is 0. The number of hydrogen-bond donors (Lipinski definition) is 0. The van der Waals surface area contributed by atoms with E-state index in [0.717, 1.165) is 6.07 Å². The minimum absolute atomic E-state index is 0.259. The highest BCUT2D eigenvalue weighted by molar-refractivity contribution is 9.10. The van der Waals surface area contributed by atoms with Crippen molar-refractivity contribution >= 4 is 33.3 Å². The second kappa shape index (κ2) is 4.71. The molecule has 1 aromatic carbocycles. The van der Waals surface area contributed by atoms with Crippen LogP contribution in [-0.4, -0.2) is 11.7 Å². The predicted octanol–water partition coefficient (Wildman–Crippen LogP) is 4.03. The molecule has 0 saturated heterocycles. The van der Waals surface area contributed by atoms with Gasteiger partial charge >= 0.3 is 6.18 Å². The van der Waals surface area contributed by atoms with Crippen molar-refractivity contribution in [3.8, 4) is 0 Å². The first-order chi connectivity index (χ1) is 7.27. The first-order valence-corrected chi connectivity index (χ1v) is 5.25. The molecule has 7 heteroatoms. The van der Waals surface area contributed by atoms with Gasteiger partial charge in [0.15, 0.2) is 5.78 Å². The third-order valence-corrected chi connectivity index (χ3v) is 2.63. The second-order valence-corrected chi connectivity index (χ2v) is 3.99.